The van der Waals surface area contributed by atoms with Gasteiger partial charge in [-0.05, 0) is 38.8 Å². The van der Waals surface area contributed by atoms with Gasteiger partial charge in [-0.2, -0.15) is 0 Å². The fourth-order valence-corrected chi connectivity index (χ4v) is 1.42. The molecule has 0 amide bonds. The Kier molecular flexibility index (Phi) is 3.27. The van der Waals surface area contributed by atoms with Gasteiger partial charge < -0.3 is 4.79 Å². The zero-order chi connectivity index (χ0) is 12.4. The number of rotatable bonds is 4. The van der Waals surface area contributed by atoms with Crippen LogP contribution in [-0.4, -0.2) is 6.29 Å². The summed E-state index contributed by atoms with van der Waals surface area (Å²) in [5, 5.41) is 3.10. The number of aldehydes is 1. The van der Waals surface area contributed by atoms with E-state index in [1.165, 1.54) is 0 Å². The van der Waals surface area contributed by atoms with E-state index >= 15 is 0 Å². The van der Waals surface area contributed by atoms with Crippen molar-refractivity contribution in [2.75, 3.05) is 0 Å². The lowest BCUT2D eigenvalue weighted by molar-refractivity contribution is -0.111. The normalized spacial score (nSPS) is 12.2. The first-order valence-electron chi connectivity index (χ1n) is 5.25. The molecule has 0 saturated carbocycles. The number of hydrogen-bond acceptors (Lipinski definition) is 3. The maximum atomic E-state index is 11.0. The Bertz CT molecular complexity index is 373. The molecule has 0 unspecified atom stereocenters. The Labute approximate surface area is 95.8 Å². The molecule has 1 aromatic rings. The van der Waals surface area contributed by atoms with Gasteiger partial charge in [0.2, 0.25) is 0 Å². The summed E-state index contributed by atoms with van der Waals surface area (Å²) >= 11 is 0. The van der Waals surface area contributed by atoms with Gasteiger partial charge in [-0.3, -0.25) is 0 Å². The van der Waals surface area contributed by atoms with Crippen molar-refractivity contribution in [2.45, 2.75) is 38.6 Å². The Morgan fingerprint density at radius 2 is 1.69 bits per heavy atom. The minimum absolute atomic E-state index is 0.533. The number of carbonyl (C=O) groups is 1. The summed E-state index contributed by atoms with van der Waals surface area (Å²) < 4.78 is 0. The molecular formula is C13H17NO2. The van der Waals surface area contributed by atoms with E-state index in [4.69, 9.17) is 0 Å². The predicted molar refractivity (Wildman–Crippen MR) is 64.4 cm³/mol. The van der Waals surface area contributed by atoms with Crippen LogP contribution in [0.2, 0.25) is 0 Å². The van der Waals surface area contributed by atoms with E-state index in [0.29, 0.717) is 0 Å². The summed E-state index contributed by atoms with van der Waals surface area (Å²) in [4.78, 5) is 21.7. The summed E-state index contributed by atoms with van der Waals surface area (Å²) in [6, 6.07) is 7.46. The molecule has 0 heterocycles. The second-order valence-corrected chi connectivity index (χ2v) is 5.07. The zero-order valence-electron chi connectivity index (χ0n) is 10.2. The van der Waals surface area contributed by atoms with Crippen LogP contribution in [0, 0.1) is 4.91 Å². The molecule has 0 spiro atoms. The fourth-order valence-electron chi connectivity index (χ4n) is 1.42. The van der Waals surface area contributed by atoms with Gasteiger partial charge in [0.1, 0.15) is 11.8 Å². The fraction of sp³-hybridized carbons (Fsp3) is 0.462. The lowest BCUT2D eigenvalue weighted by Gasteiger charge is -2.21. The molecule has 0 fully saturated rings. The van der Waals surface area contributed by atoms with Crippen LogP contribution < -0.4 is 0 Å². The van der Waals surface area contributed by atoms with Crippen LogP contribution in [0.4, 0.5) is 0 Å². The summed E-state index contributed by atoms with van der Waals surface area (Å²) in [6.45, 7) is 7.21. The first kappa shape index (κ1) is 12.6. The maximum Gasteiger partial charge on any atom is 0.129 e. The quantitative estimate of drug-likeness (QED) is 0.576. The molecule has 0 aliphatic heterocycles. The van der Waals surface area contributed by atoms with Crippen molar-refractivity contribution < 1.29 is 4.79 Å². The highest BCUT2D eigenvalue weighted by Crippen LogP contribution is 2.28. The number of nitroso groups, excluding NO2 is 1. The highest BCUT2D eigenvalue weighted by molar-refractivity contribution is 5.67. The van der Waals surface area contributed by atoms with Gasteiger partial charge >= 0.3 is 0 Å². The van der Waals surface area contributed by atoms with Crippen LogP contribution in [0.1, 0.15) is 38.8 Å². The lowest BCUT2D eigenvalue weighted by Crippen LogP contribution is -2.20. The third-order valence-corrected chi connectivity index (χ3v) is 2.84. The summed E-state index contributed by atoms with van der Waals surface area (Å²) in [5.41, 5.74) is 0.441. The molecule has 0 aliphatic carbocycles. The van der Waals surface area contributed by atoms with E-state index in [2.05, 4.69) is 5.18 Å². The minimum Gasteiger partial charge on any atom is -0.302 e. The van der Waals surface area contributed by atoms with Gasteiger partial charge in [0.25, 0.3) is 0 Å². The molecular weight excluding hydrogens is 202 g/mol. The number of carbonyl (C=O) groups excluding carboxylic acids is 1. The van der Waals surface area contributed by atoms with E-state index in [-0.39, 0.29) is 0 Å². The first-order valence-corrected chi connectivity index (χ1v) is 5.25. The molecule has 16 heavy (non-hydrogen) atoms. The van der Waals surface area contributed by atoms with Crippen LogP contribution in [0.5, 0.6) is 0 Å². The van der Waals surface area contributed by atoms with Gasteiger partial charge in [0, 0.05) is 5.41 Å². The molecule has 1 rings (SSSR count). The Morgan fingerprint density at radius 3 is 2.19 bits per heavy atom. The molecule has 0 N–H and O–H groups in total. The van der Waals surface area contributed by atoms with Crippen molar-refractivity contribution in [3.05, 3.63) is 40.3 Å². The van der Waals surface area contributed by atoms with E-state index in [1.54, 1.807) is 13.8 Å². The average Bonchev–Trinajstić information content (AvgIpc) is 2.29. The monoisotopic (exact) mass is 219 g/mol. The summed E-state index contributed by atoms with van der Waals surface area (Å²) in [5.74, 6) is 0. The SMILES string of the molecule is CC(C)(C=O)c1cccc(C(C)(C)N=O)c1. The van der Waals surface area contributed by atoms with Gasteiger partial charge in [0.15, 0.2) is 0 Å². The van der Waals surface area contributed by atoms with Crippen LogP contribution >= 0.6 is 0 Å². The van der Waals surface area contributed by atoms with Crippen molar-refractivity contribution >= 4 is 6.29 Å². The van der Waals surface area contributed by atoms with E-state index in [0.717, 1.165) is 17.4 Å². The van der Waals surface area contributed by atoms with E-state index in [9.17, 15) is 9.70 Å². The molecule has 3 heteroatoms. The zero-order valence-corrected chi connectivity index (χ0v) is 10.2. The molecule has 0 radical (unpaired) electrons. The average molecular weight is 219 g/mol. The summed E-state index contributed by atoms with van der Waals surface area (Å²) in [7, 11) is 0. The second kappa shape index (κ2) is 4.16. The molecule has 0 atom stereocenters. The molecule has 0 bridgehead atoms. The van der Waals surface area contributed by atoms with E-state index < -0.39 is 11.0 Å². The first-order chi connectivity index (χ1) is 7.33. The Hall–Kier alpha value is -1.51. The van der Waals surface area contributed by atoms with Crippen molar-refractivity contribution in [2.24, 2.45) is 5.18 Å². The van der Waals surface area contributed by atoms with Crippen LogP contribution in [-0.2, 0) is 15.7 Å². The molecule has 86 valence electrons. The molecule has 0 aliphatic rings. The third kappa shape index (κ3) is 2.35. The van der Waals surface area contributed by atoms with Gasteiger partial charge in [-0.1, -0.05) is 29.4 Å². The van der Waals surface area contributed by atoms with Crippen molar-refractivity contribution in [1.29, 1.82) is 0 Å². The van der Waals surface area contributed by atoms with Crippen LogP contribution in [0.15, 0.2) is 29.4 Å². The Morgan fingerprint density at radius 1 is 1.12 bits per heavy atom. The van der Waals surface area contributed by atoms with Crippen LogP contribution in [0.3, 0.4) is 0 Å². The lowest BCUT2D eigenvalue weighted by atomic mass is 9.83. The smallest absolute Gasteiger partial charge is 0.129 e. The third-order valence-electron chi connectivity index (χ3n) is 2.84. The number of benzene rings is 1. The number of hydrogen-bond donors (Lipinski definition) is 0. The van der Waals surface area contributed by atoms with E-state index in [1.807, 2.05) is 38.1 Å². The van der Waals surface area contributed by atoms with Crippen molar-refractivity contribution in [3.8, 4) is 0 Å². The predicted octanol–water partition coefficient (Wildman–Crippen LogP) is 3.16. The maximum absolute atomic E-state index is 11.0. The molecule has 1 aromatic carbocycles. The van der Waals surface area contributed by atoms with Gasteiger partial charge in [-0.15, -0.1) is 4.91 Å². The highest BCUT2D eigenvalue weighted by Gasteiger charge is 2.25. The molecule has 0 aromatic heterocycles. The van der Waals surface area contributed by atoms with Crippen molar-refractivity contribution in [1.82, 2.24) is 0 Å². The standard InChI is InChI=1S/C13H17NO2/c1-12(2,9-15)10-6-5-7-11(8-10)13(3,4)14-16/h5-9H,1-4H3. The molecule has 3 nitrogen and oxygen atoms in total. The Balaban J connectivity index is 3.24. The topological polar surface area (TPSA) is 46.5 Å². The summed E-state index contributed by atoms with van der Waals surface area (Å²) in [6.07, 6.45) is 0.910. The van der Waals surface area contributed by atoms with Crippen LogP contribution in [0.25, 0.3) is 0 Å². The minimum atomic E-state index is -0.755. The van der Waals surface area contributed by atoms with Gasteiger partial charge in [0.05, 0.1) is 0 Å². The van der Waals surface area contributed by atoms with Crippen molar-refractivity contribution in [3.63, 3.8) is 0 Å². The largest absolute Gasteiger partial charge is 0.302 e. The number of nitrogens with zero attached hydrogens (tertiary/aromatic N) is 1. The highest BCUT2D eigenvalue weighted by atomic mass is 16.3. The molecule has 0 saturated heterocycles. The second-order valence-electron chi connectivity index (χ2n) is 5.07. The van der Waals surface area contributed by atoms with Gasteiger partial charge in [-0.25, -0.2) is 0 Å².